The third-order valence-corrected chi connectivity index (χ3v) is 5.18. The van der Waals surface area contributed by atoms with Gasteiger partial charge in [0.1, 0.15) is 0 Å². The second-order valence-electron chi connectivity index (χ2n) is 7.06. The van der Waals surface area contributed by atoms with Crippen LogP contribution in [0.25, 0.3) is 22.3 Å². The zero-order valence-corrected chi connectivity index (χ0v) is 16.8. The Morgan fingerprint density at radius 3 is 2.04 bits per heavy atom. The molecule has 0 radical (unpaired) electrons. The number of hydrogen-bond donors (Lipinski definition) is 0. The van der Waals surface area contributed by atoms with E-state index in [0.29, 0.717) is 5.92 Å². The summed E-state index contributed by atoms with van der Waals surface area (Å²) in [6, 6.07) is 28.3. The molecule has 1 atom stereocenters. The molecule has 0 saturated heterocycles. The lowest BCUT2D eigenvalue weighted by Crippen LogP contribution is -1.99. The Morgan fingerprint density at radius 2 is 1.39 bits per heavy atom. The molecule has 0 bridgehead atoms. The SMILES string of the molecule is C=C/C=C\C=C(C)C(CC)c1cccc(-c2ccc(-c3ccccc3)cc2)c1. The Balaban J connectivity index is 1.87. The molecule has 0 fully saturated rings. The molecule has 0 heteroatoms. The molecular weight excluding hydrogens is 336 g/mol. The maximum atomic E-state index is 3.74. The molecule has 1 unspecified atom stereocenters. The van der Waals surface area contributed by atoms with Crippen LogP contribution in [0.3, 0.4) is 0 Å². The van der Waals surface area contributed by atoms with Gasteiger partial charge in [-0.2, -0.15) is 0 Å². The van der Waals surface area contributed by atoms with Crippen molar-refractivity contribution in [1.29, 1.82) is 0 Å². The van der Waals surface area contributed by atoms with Crippen molar-refractivity contribution in [2.75, 3.05) is 0 Å². The molecular formula is C28H28. The first kappa shape index (κ1) is 19.6. The van der Waals surface area contributed by atoms with Crippen LogP contribution >= 0.6 is 0 Å². The standard InChI is InChI=1S/C28H28/c1-4-6-8-12-22(3)28(5-2)27-16-11-15-26(21-27)25-19-17-24(18-20-25)23-13-9-7-10-14-23/h4,6-21,28H,1,5H2,2-3H3/b8-6-,22-12?. The second kappa shape index (κ2) is 9.71. The monoisotopic (exact) mass is 364 g/mol. The topological polar surface area (TPSA) is 0 Å². The highest BCUT2D eigenvalue weighted by atomic mass is 14.2. The summed E-state index contributed by atoms with van der Waals surface area (Å²) < 4.78 is 0. The molecule has 0 nitrogen and oxygen atoms in total. The lowest BCUT2D eigenvalue weighted by atomic mass is 9.87. The molecule has 3 aromatic carbocycles. The van der Waals surface area contributed by atoms with Gasteiger partial charge in [-0.15, -0.1) is 0 Å². The van der Waals surface area contributed by atoms with E-state index >= 15 is 0 Å². The summed E-state index contributed by atoms with van der Waals surface area (Å²) in [7, 11) is 0. The highest BCUT2D eigenvalue weighted by molar-refractivity contribution is 5.70. The van der Waals surface area contributed by atoms with Gasteiger partial charge in [-0.3, -0.25) is 0 Å². The highest BCUT2D eigenvalue weighted by Crippen LogP contribution is 2.31. The molecule has 28 heavy (non-hydrogen) atoms. The van der Waals surface area contributed by atoms with E-state index in [1.165, 1.54) is 33.4 Å². The van der Waals surface area contributed by atoms with E-state index in [-0.39, 0.29) is 0 Å². The van der Waals surface area contributed by atoms with E-state index in [2.05, 4.69) is 111 Å². The van der Waals surface area contributed by atoms with Gasteiger partial charge in [0.15, 0.2) is 0 Å². The van der Waals surface area contributed by atoms with Crippen molar-refractivity contribution in [3.05, 3.63) is 121 Å². The number of rotatable bonds is 7. The molecule has 0 amide bonds. The predicted octanol–water partition coefficient (Wildman–Crippen LogP) is 8.20. The largest absolute Gasteiger partial charge is 0.0991 e. The van der Waals surface area contributed by atoms with E-state index in [9.17, 15) is 0 Å². The fraction of sp³-hybridized carbons (Fsp3) is 0.143. The molecule has 0 aliphatic carbocycles. The summed E-state index contributed by atoms with van der Waals surface area (Å²) in [5, 5.41) is 0. The zero-order chi connectivity index (χ0) is 19.8. The average molecular weight is 365 g/mol. The molecule has 0 aromatic heterocycles. The van der Waals surface area contributed by atoms with Crippen LogP contribution in [-0.4, -0.2) is 0 Å². The van der Waals surface area contributed by atoms with Gasteiger partial charge >= 0.3 is 0 Å². The van der Waals surface area contributed by atoms with Crippen molar-refractivity contribution in [2.24, 2.45) is 0 Å². The van der Waals surface area contributed by atoms with Crippen molar-refractivity contribution in [3.63, 3.8) is 0 Å². The minimum Gasteiger partial charge on any atom is -0.0991 e. The Bertz CT molecular complexity index is 956. The van der Waals surface area contributed by atoms with E-state index in [4.69, 9.17) is 0 Å². The normalized spacial score (nSPS) is 12.9. The van der Waals surface area contributed by atoms with E-state index in [1.807, 2.05) is 12.2 Å². The Labute approximate surface area is 169 Å². The summed E-state index contributed by atoms with van der Waals surface area (Å²) in [4.78, 5) is 0. The number of allylic oxidation sites excluding steroid dienone is 5. The molecule has 3 rings (SSSR count). The molecule has 0 saturated carbocycles. The van der Waals surface area contributed by atoms with Gasteiger partial charge in [0, 0.05) is 5.92 Å². The van der Waals surface area contributed by atoms with Gasteiger partial charge in [-0.25, -0.2) is 0 Å². The molecule has 0 aliphatic heterocycles. The summed E-state index contributed by atoms with van der Waals surface area (Å²) in [5.74, 6) is 0.429. The predicted molar refractivity (Wildman–Crippen MR) is 123 cm³/mol. The first-order chi connectivity index (χ1) is 13.7. The average Bonchev–Trinajstić information content (AvgIpc) is 2.75. The van der Waals surface area contributed by atoms with Crippen molar-refractivity contribution >= 4 is 0 Å². The van der Waals surface area contributed by atoms with E-state index in [0.717, 1.165) is 6.42 Å². The van der Waals surface area contributed by atoms with Crippen molar-refractivity contribution in [2.45, 2.75) is 26.2 Å². The van der Waals surface area contributed by atoms with Crippen LogP contribution in [0.2, 0.25) is 0 Å². The number of benzene rings is 3. The van der Waals surface area contributed by atoms with Crippen molar-refractivity contribution < 1.29 is 0 Å². The quantitative estimate of drug-likeness (QED) is 0.371. The van der Waals surface area contributed by atoms with Gasteiger partial charge in [-0.1, -0.05) is 122 Å². The Morgan fingerprint density at radius 1 is 0.786 bits per heavy atom. The van der Waals surface area contributed by atoms with Gasteiger partial charge in [0.2, 0.25) is 0 Å². The third-order valence-electron chi connectivity index (χ3n) is 5.18. The Kier molecular flexibility index (Phi) is 6.81. The van der Waals surface area contributed by atoms with Gasteiger partial charge in [-0.05, 0) is 41.2 Å². The maximum absolute atomic E-state index is 3.74. The first-order valence-electron chi connectivity index (χ1n) is 9.94. The van der Waals surface area contributed by atoms with Crippen molar-refractivity contribution in [1.82, 2.24) is 0 Å². The molecule has 0 spiro atoms. The zero-order valence-electron chi connectivity index (χ0n) is 16.8. The van der Waals surface area contributed by atoms with Crippen LogP contribution in [0.1, 0.15) is 31.7 Å². The molecule has 140 valence electrons. The lowest BCUT2D eigenvalue weighted by Gasteiger charge is -2.17. The van der Waals surface area contributed by atoms with E-state index < -0.39 is 0 Å². The van der Waals surface area contributed by atoms with Gasteiger partial charge < -0.3 is 0 Å². The van der Waals surface area contributed by atoms with Crippen LogP contribution in [0.5, 0.6) is 0 Å². The van der Waals surface area contributed by atoms with Crippen LogP contribution in [0.15, 0.2) is 115 Å². The maximum Gasteiger partial charge on any atom is 0.00461 e. The summed E-state index contributed by atoms with van der Waals surface area (Å²) in [5.41, 5.74) is 7.77. The first-order valence-corrected chi connectivity index (χ1v) is 9.94. The van der Waals surface area contributed by atoms with Crippen LogP contribution in [0.4, 0.5) is 0 Å². The minimum absolute atomic E-state index is 0.429. The highest BCUT2D eigenvalue weighted by Gasteiger charge is 2.12. The van der Waals surface area contributed by atoms with Gasteiger partial charge in [0.25, 0.3) is 0 Å². The third kappa shape index (κ3) is 4.78. The molecule has 0 N–H and O–H groups in total. The van der Waals surface area contributed by atoms with E-state index in [1.54, 1.807) is 0 Å². The van der Waals surface area contributed by atoms with Crippen LogP contribution < -0.4 is 0 Å². The molecule has 0 heterocycles. The smallest absolute Gasteiger partial charge is 0.00461 e. The second-order valence-corrected chi connectivity index (χ2v) is 7.06. The van der Waals surface area contributed by atoms with Crippen molar-refractivity contribution in [3.8, 4) is 22.3 Å². The minimum atomic E-state index is 0.429. The fourth-order valence-corrected chi connectivity index (χ4v) is 3.64. The fourth-order valence-electron chi connectivity index (χ4n) is 3.64. The summed E-state index contributed by atoms with van der Waals surface area (Å²) >= 11 is 0. The summed E-state index contributed by atoms with van der Waals surface area (Å²) in [6.07, 6.45) is 9.13. The molecule has 3 aromatic rings. The lowest BCUT2D eigenvalue weighted by molar-refractivity contribution is 0.760. The van der Waals surface area contributed by atoms with Crippen LogP contribution in [0, 0.1) is 0 Å². The number of hydrogen-bond acceptors (Lipinski definition) is 0. The van der Waals surface area contributed by atoms with Crippen LogP contribution in [-0.2, 0) is 0 Å². The van der Waals surface area contributed by atoms with Gasteiger partial charge in [0.05, 0.1) is 0 Å². The Hall–Kier alpha value is -3.12. The molecule has 0 aliphatic rings. The summed E-state index contributed by atoms with van der Waals surface area (Å²) in [6.45, 7) is 8.20.